The number of benzene rings is 1. The summed E-state index contributed by atoms with van der Waals surface area (Å²) < 4.78 is 30.5. The van der Waals surface area contributed by atoms with E-state index < -0.39 is 10.0 Å². The first-order valence-electron chi connectivity index (χ1n) is 8.11. The second kappa shape index (κ2) is 7.01. The average Bonchev–Trinajstić information content (AvgIpc) is 2.56. The van der Waals surface area contributed by atoms with Gasteiger partial charge in [0.25, 0.3) is 5.91 Å². The molecule has 2 aliphatic rings. The Morgan fingerprint density at radius 3 is 2.64 bits per heavy atom. The summed E-state index contributed by atoms with van der Waals surface area (Å²) in [5, 5.41) is 0. The third kappa shape index (κ3) is 4.29. The van der Waals surface area contributed by atoms with Gasteiger partial charge in [0.05, 0.1) is 11.9 Å². The number of piperidine rings is 1. The van der Waals surface area contributed by atoms with Gasteiger partial charge in [-0.25, -0.2) is 13.1 Å². The van der Waals surface area contributed by atoms with Crippen LogP contribution < -0.4 is 14.4 Å². The topological polar surface area (TPSA) is 96.0 Å². The van der Waals surface area contributed by atoms with Gasteiger partial charge in [0.2, 0.25) is 15.9 Å². The summed E-state index contributed by atoms with van der Waals surface area (Å²) in [5.74, 6) is 0.189. The largest absolute Gasteiger partial charge is 0.482 e. The second-order valence-electron chi connectivity index (χ2n) is 6.28. The molecule has 0 aliphatic carbocycles. The van der Waals surface area contributed by atoms with Gasteiger partial charge in [0.1, 0.15) is 12.3 Å². The molecule has 2 amide bonds. The number of carbonyl (C=O) groups is 2. The van der Waals surface area contributed by atoms with E-state index in [1.165, 1.54) is 4.90 Å². The number of rotatable bonds is 4. The van der Waals surface area contributed by atoms with Gasteiger partial charge in [-0.3, -0.25) is 14.5 Å². The minimum atomic E-state index is -3.25. The molecule has 136 valence electrons. The molecule has 0 bridgehead atoms. The van der Waals surface area contributed by atoms with E-state index >= 15 is 0 Å². The van der Waals surface area contributed by atoms with Crippen molar-refractivity contribution in [3.8, 4) is 5.75 Å². The molecule has 3 rings (SSSR count). The SMILES string of the molecule is CS(=O)(=O)NC1CCN(C(=O)CN2C(=O)COc3ccccc32)CC1. The maximum atomic E-state index is 12.6. The van der Waals surface area contributed by atoms with Crippen LogP contribution in [0.15, 0.2) is 24.3 Å². The summed E-state index contributed by atoms with van der Waals surface area (Å²) in [6.45, 7) is 0.812. The van der Waals surface area contributed by atoms with E-state index in [-0.39, 0.29) is 31.0 Å². The van der Waals surface area contributed by atoms with Gasteiger partial charge < -0.3 is 9.64 Å². The van der Waals surface area contributed by atoms with Gasteiger partial charge in [0, 0.05) is 19.1 Å². The molecule has 0 spiro atoms. The van der Waals surface area contributed by atoms with E-state index in [9.17, 15) is 18.0 Å². The summed E-state index contributed by atoms with van der Waals surface area (Å²) in [5.41, 5.74) is 0.598. The van der Waals surface area contributed by atoms with Gasteiger partial charge in [-0.2, -0.15) is 0 Å². The highest BCUT2D eigenvalue weighted by atomic mass is 32.2. The van der Waals surface area contributed by atoms with E-state index in [1.54, 1.807) is 23.1 Å². The average molecular weight is 367 g/mol. The van der Waals surface area contributed by atoms with E-state index in [0.29, 0.717) is 37.4 Å². The Morgan fingerprint density at radius 2 is 1.96 bits per heavy atom. The van der Waals surface area contributed by atoms with Crippen molar-refractivity contribution in [2.75, 3.05) is 37.4 Å². The lowest BCUT2D eigenvalue weighted by Gasteiger charge is -2.34. The van der Waals surface area contributed by atoms with Crippen molar-refractivity contribution in [3.05, 3.63) is 24.3 Å². The fourth-order valence-corrected chi connectivity index (χ4v) is 3.95. The van der Waals surface area contributed by atoms with Crippen LogP contribution in [0.2, 0.25) is 0 Å². The Morgan fingerprint density at radius 1 is 1.28 bits per heavy atom. The molecule has 1 N–H and O–H groups in total. The zero-order chi connectivity index (χ0) is 18.0. The number of para-hydroxylation sites is 2. The van der Waals surface area contributed by atoms with Crippen LogP contribution in [0.5, 0.6) is 5.75 Å². The highest BCUT2D eigenvalue weighted by Gasteiger charge is 2.30. The van der Waals surface area contributed by atoms with Crippen molar-refractivity contribution in [1.29, 1.82) is 0 Å². The molecule has 0 unspecified atom stereocenters. The van der Waals surface area contributed by atoms with Crippen LogP contribution in [-0.4, -0.2) is 63.7 Å². The third-order valence-corrected chi connectivity index (χ3v) is 5.09. The zero-order valence-electron chi connectivity index (χ0n) is 14.0. The molecule has 1 fully saturated rings. The lowest BCUT2D eigenvalue weighted by molar-refractivity contribution is -0.132. The van der Waals surface area contributed by atoms with Crippen LogP contribution in [0.4, 0.5) is 5.69 Å². The van der Waals surface area contributed by atoms with Crippen molar-refractivity contribution in [2.24, 2.45) is 0 Å². The van der Waals surface area contributed by atoms with Crippen molar-refractivity contribution in [3.63, 3.8) is 0 Å². The zero-order valence-corrected chi connectivity index (χ0v) is 14.8. The normalized spacial score (nSPS) is 18.7. The van der Waals surface area contributed by atoms with Gasteiger partial charge in [0.15, 0.2) is 6.61 Å². The summed E-state index contributed by atoms with van der Waals surface area (Å²) >= 11 is 0. The predicted molar refractivity (Wildman–Crippen MR) is 91.9 cm³/mol. The van der Waals surface area contributed by atoms with E-state index in [1.807, 2.05) is 6.07 Å². The van der Waals surface area contributed by atoms with Crippen LogP contribution in [0, 0.1) is 0 Å². The van der Waals surface area contributed by atoms with Crippen molar-refractivity contribution >= 4 is 27.5 Å². The van der Waals surface area contributed by atoms with E-state index in [0.717, 1.165) is 6.26 Å². The number of hydrogen-bond acceptors (Lipinski definition) is 5. The molecule has 9 heteroatoms. The molecule has 25 heavy (non-hydrogen) atoms. The Kier molecular flexibility index (Phi) is 4.96. The molecule has 0 atom stereocenters. The fourth-order valence-electron chi connectivity index (χ4n) is 3.11. The second-order valence-corrected chi connectivity index (χ2v) is 8.06. The number of amides is 2. The third-order valence-electron chi connectivity index (χ3n) is 4.33. The lowest BCUT2D eigenvalue weighted by atomic mass is 10.1. The number of nitrogens with zero attached hydrogens (tertiary/aromatic N) is 2. The number of likely N-dealkylation sites (tertiary alicyclic amines) is 1. The van der Waals surface area contributed by atoms with Gasteiger partial charge in [-0.15, -0.1) is 0 Å². The maximum absolute atomic E-state index is 12.6. The highest BCUT2D eigenvalue weighted by Crippen LogP contribution is 2.31. The Bertz CT molecular complexity index is 772. The van der Waals surface area contributed by atoms with E-state index in [2.05, 4.69) is 4.72 Å². The molecular weight excluding hydrogens is 346 g/mol. The summed E-state index contributed by atoms with van der Waals surface area (Å²) in [4.78, 5) is 27.8. The Hall–Kier alpha value is -2.13. The highest BCUT2D eigenvalue weighted by molar-refractivity contribution is 7.88. The molecule has 1 aromatic rings. The first-order valence-corrected chi connectivity index (χ1v) is 10.00. The summed E-state index contributed by atoms with van der Waals surface area (Å²) in [6, 6.07) is 6.98. The maximum Gasteiger partial charge on any atom is 0.265 e. The molecule has 0 radical (unpaired) electrons. The molecular formula is C16H21N3O5S. The van der Waals surface area contributed by atoms with Crippen LogP contribution in [0.25, 0.3) is 0 Å². The van der Waals surface area contributed by atoms with Crippen molar-refractivity contribution in [1.82, 2.24) is 9.62 Å². The van der Waals surface area contributed by atoms with Crippen LogP contribution in [0.3, 0.4) is 0 Å². The van der Waals surface area contributed by atoms with Gasteiger partial charge in [-0.05, 0) is 25.0 Å². The number of anilines is 1. The monoisotopic (exact) mass is 367 g/mol. The van der Waals surface area contributed by atoms with Crippen molar-refractivity contribution < 1.29 is 22.7 Å². The molecule has 1 saturated heterocycles. The first kappa shape index (κ1) is 17.7. The first-order chi connectivity index (χ1) is 11.8. The van der Waals surface area contributed by atoms with Gasteiger partial charge >= 0.3 is 0 Å². The van der Waals surface area contributed by atoms with Gasteiger partial charge in [-0.1, -0.05) is 12.1 Å². The minimum absolute atomic E-state index is 0.0383. The standard InChI is InChI=1S/C16H21N3O5S/c1-25(22,23)17-12-6-8-18(9-7-12)15(20)10-19-13-4-2-3-5-14(13)24-11-16(19)21/h2-5,12,17H,6-11H2,1H3. The quantitative estimate of drug-likeness (QED) is 0.805. The smallest absolute Gasteiger partial charge is 0.265 e. The summed E-state index contributed by atoms with van der Waals surface area (Å²) in [6.07, 6.45) is 2.25. The Balaban J connectivity index is 1.61. The molecule has 0 aromatic heterocycles. The molecule has 2 heterocycles. The fraction of sp³-hybridized carbons (Fsp3) is 0.500. The molecule has 8 nitrogen and oxygen atoms in total. The number of carbonyl (C=O) groups excluding carboxylic acids is 2. The summed E-state index contributed by atoms with van der Waals surface area (Å²) in [7, 11) is -3.25. The Labute approximate surface area is 146 Å². The number of sulfonamides is 1. The molecule has 0 saturated carbocycles. The van der Waals surface area contributed by atoms with Crippen molar-refractivity contribution in [2.45, 2.75) is 18.9 Å². The van der Waals surface area contributed by atoms with Crippen LogP contribution >= 0.6 is 0 Å². The number of nitrogens with one attached hydrogen (secondary N) is 1. The number of fused-ring (bicyclic) bond motifs is 1. The molecule has 1 aromatic carbocycles. The van der Waals surface area contributed by atoms with Crippen LogP contribution in [0.1, 0.15) is 12.8 Å². The predicted octanol–water partition coefficient (Wildman–Crippen LogP) is -0.0478. The number of ether oxygens (including phenoxy) is 1. The number of hydrogen-bond donors (Lipinski definition) is 1. The lowest BCUT2D eigenvalue weighted by Crippen LogP contribution is -2.50. The van der Waals surface area contributed by atoms with Crippen LogP contribution in [-0.2, 0) is 19.6 Å². The van der Waals surface area contributed by atoms with E-state index in [4.69, 9.17) is 4.74 Å². The minimum Gasteiger partial charge on any atom is -0.482 e. The molecule has 2 aliphatic heterocycles.